The summed E-state index contributed by atoms with van der Waals surface area (Å²) in [4.78, 5) is 24.8. The predicted molar refractivity (Wildman–Crippen MR) is 102 cm³/mol. The van der Waals surface area contributed by atoms with E-state index in [-0.39, 0.29) is 36.8 Å². The minimum Gasteiger partial charge on any atom is -0.465 e. The third kappa shape index (κ3) is 3.82. The highest BCUT2D eigenvalue weighted by Crippen LogP contribution is 2.55. The molecule has 7 nitrogen and oxygen atoms in total. The molecule has 0 spiro atoms. The molecule has 1 aliphatic heterocycles. The Morgan fingerprint density at radius 2 is 1.86 bits per heavy atom. The standard InChI is InChI=1S/C20H32O7S/c1-11(2)10-20(5,12(3)4)19(22)25-7-6-16(21)26-17-13-8-14-15(9-13)28(23,24)27-18(14)17/h11-15,17-18H,6-10H2,1-5H3. The summed E-state index contributed by atoms with van der Waals surface area (Å²) in [5.41, 5.74) is -0.594. The highest BCUT2D eigenvalue weighted by atomic mass is 32.2. The van der Waals surface area contributed by atoms with Gasteiger partial charge in [0.05, 0.1) is 17.1 Å². The Balaban J connectivity index is 1.49. The molecule has 6 unspecified atom stereocenters. The molecule has 8 heteroatoms. The molecule has 28 heavy (non-hydrogen) atoms. The minimum absolute atomic E-state index is 0.0364. The molecule has 6 atom stereocenters. The normalized spacial score (nSPS) is 34.6. The third-order valence-corrected chi connectivity index (χ3v) is 8.57. The molecule has 3 rings (SSSR count). The van der Waals surface area contributed by atoms with Crippen molar-refractivity contribution in [3.63, 3.8) is 0 Å². The highest BCUT2D eigenvalue weighted by Gasteiger charge is 2.65. The molecular formula is C20H32O7S. The van der Waals surface area contributed by atoms with E-state index in [2.05, 4.69) is 13.8 Å². The molecule has 3 fully saturated rings. The van der Waals surface area contributed by atoms with Crippen LogP contribution in [0.15, 0.2) is 0 Å². The van der Waals surface area contributed by atoms with E-state index in [1.807, 2.05) is 20.8 Å². The zero-order valence-corrected chi connectivity index (χ0v) is 18.2. The fraction of sp³-hybridized carbons (Fsp3) is 0.900. The first-order valence-corrected chi connectivity index (χ1v) is 11.7. The van der Waals surface area contributed by atoms with Crippen molar-refractivity contribution in [2.75, 3.05) is 6.61 Å². The summed E-state index contributed by atoms with van der Waals surface area (Å²) in [5.74, 6) is -0.318. The van der Waals surface area contributed by atoms with Gasteiger partial charge in [-0.15, -0.1) is 0 Å². The van der Waals surface area contributed by atoms with E-state index in [4.69, 9.17) is 13.7 Å². The number of ether oxygens (including phenoxy) is 2. The van der Waals surface area contributed by atoms with Gasteiger partial charge in [-0.3, -0.25) is 13.8 Å². The first-order chi connectivity index (χ1) is 13.0. The van der Waals surface area contributed by atoms with Gasteiger partial charge in [0, 0.05) is 11.8 Å². The van der Waals surface area contributed by atoms with E-state index in [0.717, 1.165) is 6.42 Å². The molecule has 0 aromatic rings. The zero-order valence-electron chi connectivity index (χ0n) is 17.3. The van der Waals surface area contributed by atoms with Gasteiger partial charge in [0.25, 0.3) is 10.1 Å². The number of fused-ring (bicyclic) bond motifs is 1. The summed E-state index contributed by atoms with van der Waals surface area (Å²) in [6, 6.07) is 0. The van der Waals surface area contributed by atoms with Crippen molar-refractivity contribution in [1.29, 1.82) is 0 Å². The van der Waals surface area contributed by atoms with Crippen LogP contribution in [-0.2, 0) is 33.4 Å². The largest absolute Gasteiger partial charge is 0.465 e. The maximum atomic E-state index is 12.6. The van der Waals surface area contributed by atoms with Crippen molar-refractivity contribution in [3.8, 4) is 0 Å². The van der Waals surface area contributed by atoms with Gasteiger partial charge >= 0.3 is 11.9 Å². The lowest BCUT2D eigenvalue weighted by Gasteiger charge is -2.32. The molecule has 1 saturated heterocycles. The van der Waals surface area contributed by atoms with E-state index in [9.17, 15) is 18.0 Å². The fourth-order valence-electron chi connectivity index (χ4n) is 5.05. The second-order valence-electron chi connectivity index (χ2n) is 9.50. The summed E-state index contributed by atoms with van der Waals surface area (Å²) < 4.78 is 40.1. The Kier molecular flexibility index (Phi) is 5.85. The smallest absolute Gasteiger partial charge is 0.312 e. The predicted octanol–water partition coefficient (Wildman–Crippen LogP) is 2.68. The van der Waals surface area contributed by atoms with E-state index in [1.165, 1.54) is 0 Å². The van der Waals surface area contributed by atoms with Gasteiger partial charge in [0.2, 0.25) is 0 Å². The van der Waals surface area contributed by atoms with Crippen LogP contribution >= 0.6 is 0 Å². The second kappa shape index (κ2) is 7.59. The van der Waals surface area contributed by atoms with Crippen LogP contribution in [0.2, 0.25) is 0 Å². The van der Waals surface area contributed by atoms with Gasteiger partial charge in [-0.05, 0) is 38.0 Å². The Hall–Kier alpha value is -1.15. The Morgan fingerprint density at radius 3 is 2.46 bits per heavy atom. The van der Waals surface area contributed by atoms with Crippen molar-refractivity contribution < 1.29 is 31.7 Å². The van der Waals surface area contributed by atoms with Crippen LogP contribution in [-0.4, -0.2) is 44.4 Å². The van der Waals surface area contributed by atoms with Gasteiger partial charge in [0.15, 0.2) is 0 Å². The number of rotatable bonds is 8. The topological polar surface area (TPSA) is 96.0 Å². The second-order valence-corrected chi connectivity index (χ2v) is 11.3. The molecule has 2 saturated carbocycles. The number of hydrogen-bond donors (Lipinski definition) is 0. The van der Waals surface area contributed by atoms with Crippen LogP contribution in [0.5, 0.6) is 0 Å². The summed E-state index contributed by atoms with van der Waals surface area (Å²) >= 11 is 0. The lowest BCUT2D eigenvalue weighted by molar-refractivity contribution is -0.163. The van der Waals surface area contributed by atoms with Crippen molar-refractivity contribution in [2.24, 2.45) is 29.1 Å². The number of carbonyl (C=O) groups excluding carboxylic acids is 2. The summed E-state index contributed by atoms with van der Waals surface area (Å²) in [6.45, 7) is 9.99. The summed E-state index contributed by atoms with van der Waals surface area (Å²) in [5, 5.41) is -0.437. The van der Waals surface area contributed by atoms with Gasteiger partial charge in [-0.25, -0.2) is 0 Å². The molecule has 2 aliphatic carbocycles. The Bertz CT molecular complexity index is 729. The van der Waals surface area contributed by atoms with Crippen LogP contribution in [0.3, 0.4) is 0 Å². The molecule has 0 N–H and O–H groups in total. The van der Waals surface area contributed by atoms with Crippen LogP contribution in [0.1, 0.15) is 60.3 Å². The third-order valence-electron chi connectivity index (χ3n) is 6.79. The number of carbonyl (C=O) groups is 2. The molecule has 0 aromatic carbocycles. The van der Waals surface area contributed by atoms with Crippen LogP contribution < -0.4 is 0 Å². The number of esters is 2. The van der Waals surface area contributed by atoms with Gasteiger partial charge in [0.1, 0.15) is 18.8 Å². The summed E-state index contributed by atoms with van der Waals surface area (Å²) in [7, 11) is -3.52. The SMILES string of the molecule is CC(C)CC(C)(C(=O)OCCC(=O)OC1C2CC3C1OS(=O)(=O)C3C2)C(C)C. The summed E-state index contributed by atoms with van der Waals surface area (Å²) in [6.07, 6.45) is 0.840. The molecule has 1 heterocycles. The highest BCUT2D eigenvalue weighted by molar-refractivity contribution is 7.87. The van der Waals surface area contributed by atoms with Crippen molar-refractivity contribution in [1.82, 2.24) is 0 Å². The van der Waals surface area contributed by atoms with E-state index in [1.54, 1.807) is 0 Å². The van der Waals surface area contributed by atoms with Crippen LogP contribution in [0.25, 0.3) is 0 Å². The molecule has 0 amide bonds. The van der Waals surface area contributed by atoms with Gasteiger partial charge in [-0.1, -0.05) is 27.7 Å². The van der Waals surface area contributed by atoms with Crippen molar-refractivity contribution >= 4 is 22.1 Å². The van der Waals surface area contributed by atoms with Crippen molar-refractivity contribution in [2.45, 2.75) is 77.8 Å². The zero-order chi connectivity index (χ0) is 20.9. The van der Waals surface area contributed by atoms with E-state index in [0.29, 0.717) is 18.8 Å². The molecule has 3 aliphatic rings. The Morgan fingerprint density at radius 1 is 1.18 bits per heavy atom. The number of hydrogen-bond acceptors (Lipinski definition) is 7. The average Bonchev–Trinajstić information content (AvgIpc) is 3.18. The maximum Gasteiger partial charge on any atom is 0.312 e. The monoisotopic (exact) mass is 416 g/mol. The molecule has 0 radical (unpaired) electrons. The first-order valence-electron chi connectivity index (χ1n) is 10.2. The minimum atomic E-state index is -3.52. The average molecular weight is 417 g/mol. The molecule has 160 valence electrons. The molecule has 0 aromatic heterocycles. The molecule has 2 bridgehead atoms. The lowest BCUT2D eigenvalue weighted by atomic mass is 9.73. The van der Waals surface area contributed by atoms with E-state index < -0.39 is 39.0 Å². The molecular weight excluding hydrogens is 384 g/mol. The van der Waals surface area contributed by atoms with Gasteiger partial charge < -0.3 is 9.47 Å². The van der Waals surface area contributed by atoms with Crippen LogP contribution in [0.4, 0.5) is 0 Å². The quantitative estimate of drug-likeness (QED) is 0.443. The lowest BCUT2D eigenvalue weighted by Crippen LogP contribution is -2.38. The van der Waals surface area contributed by atoms with Crippen LogP contribution in [0, 0.1) is 29.1 Å². The first kappa shape index (κ1) is 21.6. The van der Waals surface area contributed by atoms with Gasteiger partial charge in [-0.2, -0.15) is 8.42 Å². The Labute approximate surface area is 167 Å². The maximum absolute atomic E-state index is 12.6. The fourth-order valence-corrected chi connectivity index (χ4v) is 6.93. The van der Waals surface area contributed by atoms with Crippen molar-refractivity contribution in [3.05, 3.63) is 0 Å². The van der Waals surface area contributed by atoms with E-state index >= 15 is 0 Å².